The molecule has 0 saturated heterocycles. The molecule has 0 spiro atoms. The molecule has 0 saturated carbocycles. The van der Waals surface area contributed by atoms with Gasteiger partial charge in [0.2, 0.25) is 0 Å². The lowest BCUT2D eigenvalue weighted by atomic mass is 9.96. The van der Waals surface area contributed by atoms with Crippen molar-refractivity contribution in [3.63, 3.8) is 0 Å². The predicted octanol–water partition coefficient (Wildman–Crippen LogP) is 5.37. The molecule has 0 bridgehead atoms. The van der Waals surface area contributed by atoms with E-state index in [1.165, 1.54) is 27.8 Å². The smallest absolute Gasteiger partial charge is 0.141 e. The molecule has 3 aromatic rings. The Balaban J connectivity index is 1.86. The lowest BCUT2D eigenvalue weighted by molar-refractivity contribution is 0.809. The number of imidazole rings is 1. The minimum absolute atomic E-state index is 0.821. The van der Waals surface area contributed by atoms with E-state index < -0.39 is 0 Å². The van der Waals surface area contributed by atoms with Gasteiger partial charge in [-0.25, -0.2) is 4.98 Å². The van der Waals surface area contributed by atoms with Crippen LogP contribution in [0.15, 0.2) is 84.5 Å². The Morgan fingerprint density at radius 1 is 1.04 bits per heavy atom. The van der Waals surface area contributed by atoms with Gasteiger partial charge < -0.3 is 4.57 Å². The van der Waals surface area contributed by atoms with Crippen LogP contribution >= 0.6 is 0 Å². The molecule has 2 aromatic carbocycles. The van der Waals surface area contributed by atoms with Crippen molar-refractivity contribution in [1.29, 1.82) is 0 Å². The number of allylic oxidation sites excluding steroid dienone is 5. The second-order valence-corrected chi connectivity index (χ2v) is 6.29. The van der Waals surface area contributed by atoms with Gasteiger partial charge in [0.1, 0.15) is 5.82 Å². The average molecular weight is 312 g/mol. The number of aromatic nitrogens is 2. The Labute approximate surface area is 142 Å². The lowest BCUT2D eigenvalue weighted by Gasteiger charge is -2.15. The van der Waals surface area contributed by atoms with Gasteiger partial charge in [-0.05, 0) is 48.3 Å². The maximum Gasteiger partial charge on any atom is 0.141 e. The van der Waals surface area contributed by atoms with Crippen molar-refractivity contribution in [3.8, 4) is 0 Å². The molecule has 0 atom stereocenters. The number of nitrogens with zero attached hydrogens (tertiary/aromatic N) is 2. The van der Waals surface area contributed by atoms with E-state index in [0.717, 1.165) is 24.3 Å². The molecule has 0 amide bonds. The molecular weight excluding hydrogens is 292 g/mol. The Hall–Kier alpha value is -2.87. The highest BCUT2D eigenvalue weighted by Crippen LogP contribution is 2.30. The van der Waals surface area contributed by atoms with Gasteiger partial charge in [0.25, 0.3) is 0 Å². The van der Waals surface area contributed by atoms with E-state index in [4.69, 9.17) is 4.98 Å². The van der Waals surface area contributed by atoms with Gasteiger partial charge in [-0.2, -0.15) is 0 Å². The summed E-state index contributed by atoms with van der Waals surface area (Å²) in [7, 11) is 0. The molecule has 0 fully saturated rings. The summed E-state index contributed by atoms with van der Waals surface area (Å²) in [5.41, 5.74) is 7.11. The fraction of sp³-hybridized carbons (Fsp3) is 0.136. The molecule has 24 heavy (non-hydrogen) atoms. The van der Waals surface area contributed by atoms with E-state index in [2.05, 4.69) is 78.8 Å². The summed E-state index contributed by atoms with van der Waals surface area (Å²) in [6, 6.07) is 18.9. The van der Waals surface area contributed by atoms with E-state index in [1.54, 1.807) is 0 Å². The quantitative estimate of drug-likeness (QED) is 0.635. The van der Waals surface area contributed by atoms with Crippen molar-refractivity contribution in [2.24, 2.45) is 0 Å². The fourth-order valence-electron chi connectivity index (χ4n) is 3.17. The van der Waals surface area contributed by atoms with Crippen LogP contribution < -0.4 is 0 Å². The summed E-state index contributed by atoms with van der Waals surface area (Å²) < 4.78 is 2.31. The first-order valence-corrected chi connectivity index (χ1v) is 8.28. The Morgan fingerprint density at radius 2 is 1.79 bits per heavy atom. The van der Waals surface area contributed by atoms with Gasteiger partial charge in [-0.1, -0.05) is 55.1 Å². The lowest BCUT2D eigenvalue weighted by Crippen LogP contribution is -2.06. The number of hydrogen-bond acceptors (Lipinski definition) is 1. The first kappa shape index (κ1) is 14.7. The standard InChI is InChI=1S/C22H20N2/c1-16-12-13-19(14-17(16)2)22-23-20-10-6-7-11-21(20)24(22)15-18-8-4-3-5-9-18/h3-11,13-14H,1,12,15H2,2H3. The zero-order valence-corrected chi connectivity index (χ0v) is 13.9. The maximum atomic E-state index is 4.91. The summed E-state index contributed by atoms with van der Waals surface area (Å²) in [5.74, 6) is 1.03. The number of para-hydroxylation sites is 2. The number of hydrogen-bond donors (Lipinski definition) is 0. The Kier molecular flexibility index (Phi) is 3.66. The third-order valence-electron chi connectivity index (χ3n) is 4.59. The van der Waals surface area contributed by atoms with Gasteiger partial charge in [-0.3, -0.25) is 0 Å². The van der Waals surface area contributed by atoms with Crippen LogP contribution in [0, 0.1) is 0 Å². The average Bonchev–Trinajstić information content (AvgIpc) is 2.97. The highest BCUT2D eigenvalue weighted by molar-refractivity contribution is 5.83. The molecule has 0 unspecified atom stereocenters. The normalized spacial score (nSPS) is 14.6. The van der Waals surface area contributed by atoms with Crippen LogP contribution in [0.4, 0.5) is 0 Å². The van der Waals surface area contributed by atoms with Crippen molar-refractivity contribution in [2.75, 3.05) is 0 Å². The monoisotopic (exact) mass is 312 g/mol. The third-order valence-corrected chi connectivity index (χ3v) is 4.59. The zero-order valence-electron chi connectivity index (χ0n) is 13.9. The van der Waals surface area contributed by atoms with E-state index in [1.807, 2.05) is 6.07 Å². The predicted molar refractivity (Wildman–Crippen MR) is 101 cm³/mol. The van der Waals surface area contributed by atoms with Crippen LogP contribution in [0.1, 0.15) is 24.7 Å². The van der Waals surface area contributed by atoms with Crippen molar-refractivity contribution < 1.29 is 0 Å². The van der Waals surface area contributed by atoms with E-state index >= 15 is 0 Å². The highest BCUT2D eigenvalue weighted by atomic mass is 15.1. The minimum atomic E-state index is 0.821. The minimum Gasteiger partial charge on any atom is -0.319 e. The van der Waals surface area contributed by atoms with Crippen molar-refractivity contribution >= 4 is 16.6 Å². The summed E-state index contributed by atoms with van der Waals surface area (Å²) in [4.78, 5) is 4.91. The van der Waals surface area contributed by atoms with Gasteiger partial charge in [0.15, 0.2) is 0 Å². The summed E-state index contributed by atoms with van der Waals surface area (Å²) >= 11 is 0. The van der Waals surface area contributed by atoms with Crippen LogP contribution in [0.2, 0.25) is 0 Å². The summed E-state index contributed by atoms with van der Waals surface area (Å²) in [6.45, 7) is 7.06. The molecule has 2 nitrogen and oxygen atoms in total. The van der Waals surface area contributed by atoms with Crippen LogP contribution in [-0.4, -0.2) is 9.55 Å². The van der Waals surface area contributed by atoms with Crippen LogP contribution in [-0.2, 0) is 6.54 Å². The van der Waals surface area contributed by atoms with E-state index in [9.17, 15) is 0 Å². The molecule has 4 rings (SSSR count). The first-order valence-electron chi connectivity index (χ1n) is 8.28. The molecule has 118 valence electrons. The summed E-state index contributed by atoms with van der Waals surface area (Å²) in [5, 5.41) is 0. The number of fused-ring (bicyclic) bond motifs is 1. The molecular formula is C22H20N2. The van der Waals surface area contributed by atoms with E-state index in [0.29, 0.717) is 0 Å². The fourth-order valence-corrected chi connectivity index (χ4v) is 3.17. The van der Waals surface area contributed by atoms with Gasteiger partial charge >= 0.3 is 0 Å². The largest absolute Gasteiger partial charge is 0.319 e. The van der Waals surface area contributed by atoms with E-state index in [-0.39, 0.29) is 0 Å². The Morgan fingerprint density at radius 3 is 2.58 bits per heavy atom. The van der Waals surface area contributed by atoms with Crippen LogP contribution in [0.3, 0.4) is 0 Å². The molecule has 0 aliphatic heterocycles. The van der Waals surface area contributed by atoms with Crippen molar-refractivity contribution in [3.05, 3.63) is 95.9 Å². The highest BCUT2D eigenvalue weighted by Gasteiger charge is 2.16. The Bertz CT molecular complexity index is 972. The van der Waals surface area contributed by atoms with Crippen LogP contribution in [0.25, 0.3) is 16.6 Å². The zero-order chi connectivity index (χ0) is 16.5. The molecule has 1 heterocycles. The number of rotatable bonds is 3. The van der Waals surface area contributed by atoms with Crippen molar-refractivity contribution in [2.45, 2.75) is 19.9 Å². The summed E-state index contributed by atoms with van der Waals surface area (Å²) in [6.07, 6.45) is 5.33. The third kappa shape index (κ3) is 2.61. The van der Waals surface area contributed by atoms with Crippen molar-refractivity contribution in [1.82, 2.24) is 9.55 Å². The molecule has 1 aliphatic rings. The number of benzene rings is 2. The molecule has 0 N–H and O–H groups in total. The SMILES string of the molecule is C=C1CC=C(c2nc3ccccc3n2Cc2ccccc2)C=C1C. The van der Waals surface area contributed by atoms with Gasteiger partial charge in [-0.15, -0.1) is 0 Å². The molecule has 1 aromatic heterocycles. The molecule has 0 radical (unpaired) electrons. The topological polar surface area (TPSA) is 17.8 Å². The second-order valence-electron chi connectivity index (χ2n) is 6.29. The second kappa shape index (κ2) is 5.97. The maximum absolute atomic E-state index is 4.91. The van der Waals surface area contributed by atoms with Crippen LogP contribution in [0.5, 0.6) is 0 Å². The first-order chi connectivity index (χ1) is 11.7. The molecule has 1 aliphatic carbocycles. The van der Waals surface area contributed by atoms with Gasteiger partial charge in [0, 0.05) is 12.1 Å². The molecule has 2 heteroatoms. The van der Waals surface area contributed by atoms with Gasteiger partial charge in [0.05, 0.1) is 11.0 Å².